The van der Waals surface area contributed by atoms with Gasteiger partial charge in [0.2, 0.25) is 6.41 Å². The van der Waals surface area contributed by atoms with E-state index in [4.69, 9.17) is 12.2 Å². The summed E-state index contributed by atoms with van der Waals surface area (Å²) < 4.78 is 0. The second-order valence-electron chi connectivity index (χ2n) is 4.91. The van der Waals surface area contributed by atoms with Gasteiger partial charge in [0.1, 0.15) is 0 Å². The predicted molar refractivity (Wildman–Crippen MR) is 71.8 cm³/mol. The van der Waals surface area contributed by atoms with Crippen LogP contribution in [0.2, 0.25) is 0 Å². The minimum absolute atomic E-state index is 0.570. The van der Waals surface area contributed by atoms with Crippen molar-refractivity contribution in [3.05, 3.63) is 0 Å². The van der Waals surface area contributed by atoms with Crippen LogP contribution in [0.5, 0.6) is 0 Å². The molecule has 0 spiro atoms. The van der Waals surface area contributed by atoms with E-state index in [1.807, 2.05) is 0 Å². The molecular weight excluding hydrogens is 234 g/mol. The fraction of sp³-hybridized carbons (Fsp3) is 0.833. The van der Waals surface area contributed by atoms with E-state index in [0.717, 1.165) is 37.7 Å². The number of carbonyl (C=O) groups excluding carboxylic acids is 1. The molecule has 1 N–H and O–H groups in total. The minimum atomic E-state index is 0.570. The molecule has 0 unspecified atom stereocenters. The fourth-order valence-electron chi connectivity index (χ4n) is 2.54. The third kappa shape index (κ3) is 3.56. The standard InChI is InChI=1S/C12H21N3OS/c16-10-14-6-8-15(9-7-14)12(17)13-11-4-2-1-3-5-11/h10-11H,1-9H2,(H,13,17). The molecule has 96 valence electrons. The molecule has 1 saturated heterocycles. The van der Waals surface area contributed by atoms with E-state index < -0.39 is 0 Å². The normalized spacial score (nSPS) is 22.4. The van der Waals surface area contributed by atoms with Crippen molar-refractivity contribution in [2.45, 2.75) is 38.1 Å². The van der Waals surface area contributed by atoms with E-state index in [1.54, 1.807) is 4.90 Å². The average molecular weight is 255 g/mol. The lowest BCUT2D eigenvalue weighted by molar-refractivity contribution is -0.119. The highest BCUT2D eigenvalue weighted by molar-refractivity contribution is 7.80. The maximum atomic E-state index is 10.6. The lowest BCUT2D eigenvalue weighted by atomic mass is 9.96. The molecule has 2 rings (SSSR count). The first-order chi connectivity index (χ1) is 8.29. The zero-order valence-corrected chi connectivity index (χ0v) is 11.0. The van der Waals surface area contributed by atoms with Gasteiger partial charge in [-0.1, -0.05) is 19.3 Å². The number of amides is 1. The van der Waals surface area contributed by atoms with Crippen LogP contribution in [0.1, 0.15) is 32.1 Å². The molecule has 5 heteroatoms. The Labute approximate surface area is 108 Å². The molecule has 0 radical (unpaired) electrons. The molecule has 1 heterocycles. The smallest absolute Gasteiger partial charge is 0.209 e. The Balaban J connectivity index is 1.74. The van der Waals surface area contributed by atoms with Crippen molar-refractivity contribution in [2.75, 3.05) is 26.2 Å². The van der Waals surface area contributed by atoms with E-state index in [-0.39, 0.29) is 0 Å². The van der Waals surface area contributed by atoms with E-state index in [1.165, 1.54) is 32.1 Å². The lowest BCUT2D eigenvalue weighted by Crippen LogP contribution is -2.53. The highest BCUT2D eigenvalue weighted by Gasteiger charge is 2.20. The summed E-state index contributed by atoms with van der Waals surface area (Å²) in [6.45, 7) is 3.29. The molecule has 2 aliphatic rings. The predicted octanol–water partition coefficient (Wildman–Crippen LogP) is 0.968. The van der Waals surface area contributed by atoms with Gasteiger partial charge < -0.3 is 15.1 Å². The Hall–Kier alpha value is -0.840. The van der Waals surface area contributed by atoms with Crippen molar-refractivity contribution in [3.63, 3.8) is 0 Å². The van der Waals surface area contributed by atoms with Gasteiger partial charge in [-0.15, -0.1) is 0 Å². The van der Waals surface area contributed by atoms with Gasteiger partial charge in [-0.2, -0.15) is 0 Å². The van der Waals surface area contributed by atoms with Crippen LogP contribution < -0.4 is 5.32 Å². The summed E-state index contributed by atoms with van der Waals surface area (Å²) in [6.07, 6.45) is 7.42. The molecule has 4 nitrogen and oxygen atoms in total. The molecule has 0 aromatic rings. The monoisotopic (exact) mass is 255 g/mol. The number of thiocarbonyl (C=S) groups is 1. The van der Waals surface area contributed by atoms with Gasteiger partial charge in [-0.05, 0) is 25.1 Å². The lowest BCUT2D eigenvalue weighted by Gasteiger charge is -2.36. The van der Waals surface area contributed by atoms with Crippen LogP contribution in [0.15, 0.2) is 0 Å². The summed E-state index contributed by atoms with van der Waals surface area (Å²) in [5, 5.41) is 4.35. The zero-order chi connectivity index (χ0) is 12.1. The van der Waals surface area contributed by atoms with Gasteiger partial charge in [0.05, 0.1) is 0 Å². The molecule has 0 bridgehead atoms. The van der Waals surface area contributed by atoms with Crippen LogP contribution >= 0.6 is 12.2 Å². The van der Waals surface area contributed by atoms with Crippen molar-refractivity contribution in [3.8, 4) is 0 Å². The van der Waals surface area contributed by atoms with Gasteiger partial charge >= 0.3 is 0 Å². The van der Waals surface area contributed by atoms with E-state index in [2.05, 4.69) is 10.2 Å². The first-order valence-electron chi connectivity index (χ1n) is 6.54. The van der Waals surface area contributed by atoms with Gasteiger partial charge in [0, 0.05) is 32.2 Å². The Morgan fingerprint density at radius 2 is 1.76 bits per heavy atom. The number of nitrogens with zero attached hydrogens (tertiary/aromatic N) is 2. The summed E-state index contributed by atoms with van der Waals surface area (Å²) in [6, 6.07) is 0.570. The third-order valence-electron chi connectivity index (χ3n) is 3.68. The minimum Gasteiger partial charge on any atom is -0.360 e. The number of rotatable bonds is 2. The van der Waals surface area contributed by atoms with Crippen molar-refractivity contribution in [1.29, 1.82) is 0 Å². The largest absolute Gasteiger partial charge is 0.360 e. The molecule has 1 aliphatic heterocycles. The zero-order valence-electron chi connectivity index (χ0n) is 10.2. The van der Waals surface area contributed by atoms with Gasteiger partial charge in [-0.25, -0.2) is 0 Å². The fourth-order valence-corrected chi connectivity index (χ4v) is 2.89. The second kappa shape index (κ2) is 6.19. The third-order valence-corrected chi connectivity index (χ3v) is 4.06. The van der Waals surface area contributed by atoms with Gasteiger partial charge in [0.15, 0.2) is 5.11 Å². The number of hydrogen-bond acceptors (Lipinski definition) is 2. The molecular formula is C12H21N3OS. The van der Waals surface area contributed by atoms with E-state index in [0.29, 0.717) is 6.04 Å². The van der Waals surface area contributed by atoms with Gasteiger partial charge in [-0.3, -0.25) is 4.79 Å². The first kappa shape index (κ1) is 12.6. The summed E-state index contributed by atoms with van der Waals surface area (Å²) in [4.78, 5) is 14.6. The molecule has 1 aliphatic carbocycles. The topological polar surface area (TPSA) is 35.6 Å². The maximum absolute atomic E-state index is 10.6. The van der Waals surface area contributed by atoms with E-state index >= 15 is 0 Å². The van der Waals surface area contributed by atoms with Crippen molar-refractivity contribution in [1.82, 2.24) is 15.1 Å². The SMILES string of the molecule is O=CN1CCN(C(=S)NC2CCCCC2)CC1. The van der Waals surface area contributed by atoms with Crippen LogP contribution in [0.25, 0.3) is 0 Å². The highest BCUT2D eigenvalue weighted by Crippen LogP contribution is 2.17. The molecule has 0 aromatic heterocycles. The quantitative estimate of drug-likeness (QED) is 0.589. The van der Waals surface area contributed by atoms with Crippen LogP contribution in [0, 0.1) is 0 Å². The molecule has 0 atom stereocenters. The first-order valence-corrected chi connectivity index (χ1v) is 6.95. The maximum Gasteiger partial charge on any atom is 0.209 e. The molecule has 2 fully saturated rings. The summed E-state index contributed by atoms with van der Waals surface area (Å²) in [5.41, 5.74) is 0. The Morgan fingerprint density at radius 1 is 1.12 bits per heavy atom. The summed E-state index contributed by atoms with van der Waals surface area (Å²) >= 11 is 5.44. The molecule has 1 saturated carbocycles. The molecule has 0 aromatic carbocycles. The number of piperazine rings is 1. The van der Waals surface area contributed by atoms with Crippen molar-refractivity contribution >= 4 is 23.7 Å². The number of nitrogens with one attached hydrogen (secondary N) is 1. The van der Waals surface area contributed by atoms with Crippen LogP contribution in [-0.4, -0.2) is 53.5 Å². The van der Waals surface area contributed by atoms with Gasteiger partial charge in [0.25, 0.3) is 0 Å². The summed E-state index contributed by atoms with van der Waals surface area (Å²) in [5.74, 6) is 0. The summed E-state index contributed by atoms with van der Waals surface area (Å²) in [7, 11) is 0. The van der Waals surface area contributed by atoms with Crippen LogP contribution in [0.4, 0.5) is 0 Å². The van der Waals surface area contributed by atoms with Crippen LogP contribution in [-0.2, 0) is 4.79 Å². The Morgan fingerprint density at radius 3 is 2.35 bits per heavy atom. The second-order valence-corrected chi connectivity index (χ2v) is 5.30. The van der Waals surface area contributed by atoms with Crippen molar-refractivity contribution in [2.24, 2.45) is 0 Å². The Kier molecular flexibility index (Phi) is 4.59. The number of carbonyl (C=O) groups is 1. The Bertz CT molecular complexity index is 271. The van der Waals surface area contributed by atoms with Crippen molar-refractivity contribution < 1.29 is 4.79 Å². The average Bonchev–Trinajstić information content (AvgIpc) is 2.40. The number of hydrogen-bond donors (Lipinski definition) is 1. The highest BCUT2D eigenvalue weighted by atomic mass is 32.1. The molecule has 1 amide bonds. The van der Waals surface area contributed by atoms with E-state index in [9.17, 15) is 4.79 Å². The molecule has 17 heavy (non-hydrogen) atoms. The van der Waals surface area contributed by atoms with Crippen LogP contribution in [0.3, 0.4) is 0 Å².